The maximum absolute atomic E-state index is 13.8. The average molecular weight is 197 g/mol. The van der Waals surface area contributed by atoms with Crippen molar-refractivity contribution in [2.75, 3.05) is 25.5 Å². The number of halogens is 1. The number of hydrogen-bond donors (Lipinski definition) is 1. The molecule has 4 heteroatoms. The third-order valence-corrected chi connectivity index (χ3v) is 2.15. The van der Waals surface area contributed by atoms with Crippen LogP contribution in [0.3, 0.4) is 0 Å². The summed E-state index contributed by atoms with van der Waals surface area (Å²) >= 11 is 0. The highest BCUT2D eigenvalue weighted by atomic mass is 19.1. The van der Waals surface area contributed by atoms with Crippen LogP contribution in [-0.2, 0) is 6.54 Å². The van der Waals surface area contributed by atoms with E-state index in [1.165, 1.54) is 0 Å². The van der Waals surface area contributed by atoms with E-state index in [1.807, 2.05) is 14.0 Å². The maximum Gasteiger partial charge on any atom is 0.170 e. The molecule has 1 heterocycles. The van der Waals surface area contributed by atoms with E-state index in [-0.39, 0.29) is 5.82 Å². The number of hydrogen-bond acceptors (Lipinski definition) is 3. The van der Waals surface area contributed by atoms with Gasteiger partial charge in [-0.3, -0.25) is 0 Å². The number of nitrogens with one attached hydrogen (secondary N) is 1. The van der Waals surface area contributed by atoms with Crippen LogP contribution in [0.4, 0.5) is 10.2 Å². The van der Waals surface area contributed by atoms with Crippen molar-refractivity contribution in [1.82, 2.24) is 10.3 Å². The van der Waals surface area contributed by atoms with Gasteiger partial charge in [0.1, 0.15) is 0 Å². The molecule has 0 amide bonds. The summed E-state index contributed by atoms with van der Waals surface area (Å²) in [5.74, 6) is 0.187. The van der Waals surface area contributed by atoms with Crippen LogP contribution in [0.15, 0.2) is 12.3 Å². The Kier molecular flexibility index (Phi) is 3.83. The fraction of sp³-hybridized carbons (Fsp3) is 0.500. The van der Waals surface area contributed by atoms with Crippen molar-refractivity contribution in [3.05, 3.63) is 23.6 Å². The zero-order valence-corrected chi connectivity index (χ0v) is 8.84. The molecular formula is C10H16FN3. The van der Waals surface area contributed by atoms with Crippen molar-refractivity contribution in [3.63, 3.8) is 0 Å². The van der Waals surface area contributed by atoms with E-state index in [2.05, 4.69) is 10.3 Å². The predicted octanol–water partition coefficient (Wildman–Crippen LogP) is 1.40. The van der Waals surface area contributed by atoms with Crippen LogP contribution in [0.25, 0.3) is 0 Å². The van der Waals surface area contributed by atoms with Crippen LogP contribution in [0.1, 0.15) is 12.5 Å². The number of anilines is 1. The van der Waals surface area contributed by atoms with E-state index in [0.717, 1.165) is 6.54 Å². The van der Waals surface area contributed by atoms with Gasteiger partial charge in [0.2, 0.25) is 0 Å². The first kappa shape index (κ1) is 10.9. The van der Waals surface area contributed by atoms with Crippen LogP contribution in [-0.4, -0.2) is 25.6 Å². The van der Waals surface area contributed by atoms with Gasteiger partial charge < -0.3 is 10.2 Å². The second-order valence-corrected chi connectivity index (χ2v) is 3.15. The Bertz CT molecular complexity index is 301. The normalized spacial score (nSPS) is 10.3. The molecular weight excluding hydrogens is 181 g/mol. The van der Waals surface area contributed by atoms with Crippen molar-refractivity contribution >= 4 is 5.82 Å². The van der Waals surface area contributed by atoms with Gasteiger partial charge in [-0.05, 0) is 20.0 Å². The predicted molar refractivity (Wildman–Crippen MR) is 55.9 cm³/mol. The van der Waals surface area contributed by atoms with E-state index < -0.39 is 0 Å². The number of rotatable bonds is 4. The molecule has 1 aromatic heterocycles. The van der Waals surface area contributed by atoms with Gasteiger partial charge in [0.25, 0.3) is 0 Å². The second kappa shape index (κ2) is 4.91. The molecule has 1 rings (SSSR count). The average Bonchev–Trinajstić information content (AvgIpc) is 2.20. The molecule has 0 aliphatic rings. The maximum atomic E-state index is 13.8. The van der Waals surface area contributed by atoms with Crippen LogP contribution in [0.2, 0.25) is 0 Å². The summed E-state index contributed by atoms with van der Waals surface area (Å²) in [6, 6.07) is 1.69. The third kappa shape index (κ3) is 2.20. The molecule has 0 aromatic carbocycles. The van der Waals surface area contributed by atoms with Crippen LogP contribution >= 0.6 is 0 Å². The summed E-state index contributed by atoms with van der Waals surface area (Å²) in [5, 5.41) is 2.92. The largest absolute Gasteiger partial charge is 0.358 e. The molecule has 0 atom stereocenters. The lowest BCUT2D eigenvalue weighted by molar-refractivity contribution is 0.591. The summed E-state index contributed by atoms with van der Waals surface area (Å²) in [4.78, 5) is 5.80. The van der Waals surface area contributed by atoms with E-state index in [4.69, 9.17) is 0 Å². The SMILES string of the molecule is CCN(C)c1nccc(CNC)c1F. The summed E-state index contributed by atoms with van der Waals surface area (Å²) < 4.78 is 13.8. The van der Waals surface area contributed by atoms with Gasteiger partial charge >= 0.3 is 0 Å². The van der Waals surface area contributed by atoms with Gasteiger partial charge in [0.15, 0.2) is 11.6 Å². The molecule has 0 radical (unpaired) electrons. The summed E-state index contributed by atoms with van der Waals surface area (Å²) in [5.41, 5.74) is 0.651. The van der Waals surface area contributed by atoms with E-state index in [9.17, 15) is 4.39 Å². The number of pyridine rings is 1. The first-order chi connectivity index (χ1) is 6.70. The number of nitrogens with zero attached hydrogens (tertiary/aromatic N) is 2. The fourth-order valence-corrected chi connectivity index (χ4v) is 1.21. The lowest BCUT2D eigenvalue weighted by Gasteiger charge is -2.17. The quantitative estimate of drug-likeness (QED) is 0.790. The molecule has 78 valence electrons. The van der Waals surface area contributed by atoms with Gasteiger partial charge in [-0.1, -0.05) is 0 Å². The smallest absolute Gasteiger partial charge is 0.170 e. The minimum atomic E-state index is -0.230. The molecule has 0 aliphatic heterocycles. The van der Waals surface area contributed by atoms with E-state index >= 15 is 0 Å². The Morgan fingerprint density at radius 1 is 1.57 bits per heavy atom. The zero-order chi connectivity index (χ0) is 10.6. The molecule has 14 heavy (non-hydrogen) atoms. The Morgan fingerprint density at radius 3 is 2.86 bits per heavy atom. The standard InChI is InChI=1S/C10H16FN3/c1-4-14(3)10-9(11)8(7-12-2)5-6-13-10/h5-6,12H,4,7H2,1-3H3. The van der Waals surface area contributed by atoms with Crippen molar-refractivity contribution in [1.29, 1.82) is 0 Å². The molecule has 0 saturated carbocycles. The molecule has 0 saturated heterocycles. The molecule has 3 nitrogen and oxygen atoms in total. The Morgan fingerprint density at radius 2 is 2.29 bits per heavy atom. The monoisotopic (exact) mass is 197 g/mol. The minimum Gasteiger partial charge on any atom is -0.358 e. The molecule has 0 unspecified atom stereocenters. The van der Waals surface area contributed by atoms with E-state index in [1.54, 1.807) is 24.2 Å². The molecule has 0 aliphatic carbocycles. The number of aromatic nitrogens is 1. The topological polar surface area (TPSA) is 28.2 Å². The van der Waals surface area contributed by atoms with Crippen LogP contribution in [0, 0.1) is 5.82 Å². The molecule has 0 fully saturated rings. The Hall–Kier alpha value is -1.16. The second-order valence-electron chi connectivity index (χ2n) is 3.15. The van der Waals surface area contributed by atoms with Gasteiger partial charge in [0, 0.05) is 31.9 Å². The molecule has 0 spiro atoms. The summed E-state index contributed by atoms with van der Waals surface area (Å²) in [6.45, 7) is 3.23. The third-order valence-electron chi connectivity index (χ3n) is 2.15. The first-order valence-electron chi connectivity index (χ1n) is 4.69. The fourth-order valence-electron chi connectivity index (χ4n) is 1.21. The highest BCUT2D eigenvalue weighted by molar-refractivity contribution is 5.42. The van der Waals surface area contributed by atoms with Crippen molar-refractivity contribution in [3.8, 4) is 0 Å². The van der Waals surface area contributed by atoms with Crippen molar-refractivity contribution < 1.29 is 4.39 Å². The lowest BCUT2D eigenvalue weighted by Crippen LogP contribution is -2.20. The molecule has 0 bridgehead atoms. The van der Waals surface area contributed by atoms with Crippen molar-refractivity contribution in [2.24, 2.45) is 0 Å². The lowest BCUT2D eigenvalue weighted by atomic mass is 10.2. The van der Waals surface area contributed by atoms with Gasteiger partial charge in [-0.25, -0.2) is 9.37 Å². The summed E-state index contributed by atoms with van der Waals surface area (Å²) in [6.07, 6.45) is 1.64. The highest BCUT2D eigenvalue weighted by Gasteiger charge is 2.11. The van der Waals surface area contributed by atoms with E-state index in [0.29, 0.717) is 17.9 Å². The van der Waals surface area contributed by atoms with Gasteiger partial charge in [0.05, 0.1) is 0 Å². The first-order valence-corrected chi connectivity index (χ1v) is 4.69. The Labute approximate surface area is 84.0 Å². The van der Waals surface area contributed by atoms with Crippen molar-refractivity contribution in [2.45, 2.75) is 13.5 Å². The minimum absolute atomic E-state index is 0.230. The summed E-state index contributed by atoms with van der Waals surface area (Å²) in [7, 11) is 3.62. The Balaban J connectivity index is 3.00. The highest BCUT2D eigenvalue weighted by Crippen LogP contribution is 2.17. The van der Waals surface area contributed by atoms with Crippen LogP contribution < -0.4 is 10.2 Å². The van der Waals surface area contributed by atoms with Gasteiger partial charge in [-0.15, -0.1) is 0 Å². The zero-order valence-electron chi connectivity index (χ0n) is 8.84. The van der Waals surface area contributed by atoms with Crippen LogP contribution in [0.5, 0.6) is 0 Å². The van der Waals surface area contributed by atoms with Gasteiger partial charge in [-0.2, -0.15) is 0 Å². The molecule has 1 N–H and O–H groups in total. The molecule has 1 aromatic rings.